The third-order valence-corrected chi connectivity index (χ3v) is 9.25. The molecule has 34 heteroatoms. The van der Waals surface area contributed by atoms with E-state index in [9.17, 15) is 79.1 Å². The Morgan fingerprint density at radius 2 is 0.808 bits per heavy atom. The lowest BCUT2D eigenvalue weighted by molar-refractivity contribution is -0.840. The Bertz CT molecular complexity index is 1780. The van der Waals surface area contributed by atoms with Crippen molar-refractivity contribution >= 4 is 63.5 Å². The van der Waals surface area contributed by atoms with Crippen molar-refractivity contribution < 1.29 is 123 Å². The van der Waals surface area contributed by atoms with E-state index in [1.165, 1.54) is 0 Å². The molecule has 1 amide bonds. The van der Waals surface area contributed by atoms with Crippen molar-refractivity contribution in [3.05, 3.63) is 0 Å². The van der Waals surface area contributed by atoms with E-state index in [1.54, 1.807) is 0 Å². The zero-order valence-electron chi connectivity index (χ0n) is 25.3. The summed E-state index contributed by atoms with van der Waals surface area (Å²) >= 11 is 0. The highest BCUT2D eigenvalue weighted by Crippen LogP contribution is 2.29. The molecule has 306 valence electrons. The van der Waals surface area contributed by atoms with Crippen LogP contribution in [-0.4, -0.2) is 164 Å². The van der Waals surface area contributed by atoms with Crippen LogP contribution in [0.5, 0.6) is 0 Å². The molecule has 0 spiro atoms. The number of carbonyl (C=O) groups excluding carboxylic acids is 2. The second kappa shape index (κ2) is 16.4. The summed E-state index contributed by atoms with van der Waals surface area (Å²) in [5, 5.41) is 0. The second-order valence-corrected chi connectivity index (χ2v) is 16.0. The SMILES string of the molecule is C[N+]1(C(=O)C(=O)C(=NS(=O)(=O)C(F)(F)F)C(=NS(=O)(=O)C(F)(F)F)[N+]2(C)CCOCC2)CCOCC1.O=S(=O)([O-])C(F)(F)F.O=S(=O)([O-])C(F)(F)F. The Balaban J connectivity index is 0.00000134. The molecule has 2 rings (SSSR count). The number of morpholine rings is 2. The van der Waals surface area contributed by atoms with Crippen molar-refractivity contribution in [1.29, 1.82) is 0 Å². The molecule has 0 aromatic heterocycles. The number of quaternary nitrogens is 2. The quantitative estimate of drug-likeness (QED) is 0.0653. The van der Waals surface area contributed by atoms with Crippen LogP contribution >= 0.6 is 0 Å². The van der Waals surface area contributed by atoms with E-state index in [-0.39, 0.29) is 39.5 Å². The summed E-state index contributed by atoms with van der Waals surface area (Å²) in [6, 6.07) is 0. The Morgan fingerprint density at radius 1 is 0.538 bits per heavy atom. The standard InChI is InChI=1S/C16H22F6N4O8S2.2CHF3O3S/c1-25(3-7-33-8-4-25)13(24-36(31,32)16(20,21)22)11(23-35(29,30)15(17,18)19)12(27)14(28)26(2)5-9-34-10-6-26;2*2-1(3,4)8(5,6)7/h3-10H2,1-2H3;2*(H,5,6,7)/q+2;;/p-2. The fraction of sp³-hybridized carbons (Fsp3) is 0.778. The molecular weight excluding hydrogens is 852 g/mol. The van der Waals surface area contributed by atoms with Crippen LogP contribution in [-0.2, 0) is 59.3 Å². The molecule has 2 saturated heterocycles. The number of hydrogen-bond acceptors (Lipinski definition) is 14. The van der Waals surface area contributed by atoms with Crippen molar-refractivity contribution in [2.45, 2.75) is 22.0 Å². The fourth-order valence-electron chi connectivity index (χ4n) is 3.17. The van der Waals surface area contributed by atoms with Gasteiger partial charge in [0, 0.05) is 0 Å². The van der Waals surface area contributed by atoms with Crippen LogP contribution in [0.1, 0.15) is 0 Å². The first-order valence-electron chi connectivity index (χ1n) is 12.5. The van der Waals surface area contributed by atoms with Gasteiger partial charge in [0.25, 0.3) is 5.84 Å². The van der Waals surface area contributed by atoms with Gasteiger partial charge >= 0.3 is 53.8 Å². The molecule has 0 radical (unpaired) electrons. The Kier molecular flexibility index (Phi) is 15.6. The molecule has 0 unspecified atom stereocenters. The van der Waals surface area contributed by atoms with Gasteiger partial charge < -0.3 is 18.6 Å². The number of amidine groups is 1. The first-order chi connectivity index (χ1) is 22.7. The maximum absolute atomic E-state index is 13.2. The van der Waals surface area contributed by atoms with Gasteiger partial charge in [-0.1, -0.05) is 4.40 Å². The number of sulfonamides is 2. The van der Waals surface area contributed by atoms with E-state index >= 15 is 0 Å². The minimum atomic E-state index is -6.64. The molecule has 52 heavy (non-hydrogen) atoms. The number of carbonyl (C=O) groups is 2. The number of nitrogens with zero attached hydrogens (tertiary/aromatic N) is 4. The topological polar surface area (TPSA) is 260 Å². The van der Waals surface area contributed by atoms with Gasteiger partial charge in [-0.05, 0) is 0 Å². The van der Waals surface area contributed by atoms with Crippen LogP contribution in [0.4, 0.5) is 52.7 Å². The number of amides is 1. The zero-order valence-corrected chi connectivity index (χ0v) is 28.6. The van der Waals surface area contributed by atoms with Crippen molar-refractivity contribution in [1.82, 2.24) is 0 Å². The van der Waals surface area contributed by atoms with E-state index in [0.29, 0.717) is 0 Å². The van der Waals surface area contributed by atoms with E-state index in [0.717, 1.165) is 14.1 Å². The van der Waals surface area contributed by atoms with Gasteiger partial charge in [0.1, 0.15) is 26.2 Å². The van der Waals surface area contributed by atoms with Crippen LogP contribution in [0.15, 0.2) is 8.80 Å². The molecule has 0 aromatic rings. The van der Waals surface area contributed by atoms with E-state index in [4.69, 9.17) is 35.4 Å². The van der Waals surface area contributed by atoms with Crippen molar-refractivity contribution in [2.24, 2.45) is 8.80 Å². The number of alkyl halides is 12. The largest absolute Gasteiger partial charge is 0.741 e. The lowest BCUT2D eigenvalue weighted by Gasteiger charge is -2.37. The maximum atomic E-state index is 13.2. The first kappa shape index (κ1) is 49.4. The maximum Gasteiger partial charge on any atom is 0.518 e. The summed E-state index contributed by atoms with van der Waals surface area (Å²) in [4.78, 5) is 26.2. The molecule has 0 bridgehead atoms. The minimum Gasteiger partial charge on any atom is -0.741 e. The number of likely N-dealkylation sites (N-methyl/N-ethyl adjacent to an activating group) is 2. The lowest BCUT2D eigenvalue weighted by Crippen LogP contribution is -2.63. The average molecular weight is 875 g/mol. The number of halogens is 12. The molecule has 0 atom stereocenters. The van der Waals surface area contributed by atoms with Crippen molar-refractivity contribution in [3.63, 3.8) is 0 Å². The van der Waals surface area contributed by atoms with Crippen LogP contribution < -0.4 is 0 Å². The van der Waals surface area contributed by atoms with Crippen molar-refractivity contribution in [2.75, 3.05) is 66.7 Å². The molecule has 2 aliphatic rings. The summed E-state index contributed by atoms with van der Waals surface area (Å²) in [5.41, 5.74) is -25.5. The minimum absolute atomic E-state index is 0.0860. The normalized spacial score (nSPS) is 19.7. The van der Waals surface area contributed by atoms with Crippen LogP contribution in [0.25, 0.3) is 0 Å². The van der Waals surface area contributed by atoms with Gasteiger partial charge in [0.15, 0.2) is 20.2 Å². The number of hydrogen-bond donors (Lipinski definition) is 0. The van der Waals surface area contributed by atoms with Crippen LogP contribution in [0, 0.1) is 0 Å². The molecule has 18 nitrogen and oxygen atoms in total. The third kappa shape index (κ3) is 13.4. The summed E-state index contributed by atoms with van der Waals surface area (Å²) in [7, 11) is -23.2. The molecule has 0 saturated carbocycles. The highest BCUT2D eigenvalue weighted by molar-refractivity contribution is 7.91. The summed E-state index contributed by atoms with van der Waals surface area (Å²) in [5.74, 6) is -5.21. The second-order valence-electron chi connectivity index (χ2n) is 10.0. The van der Waals surface area contributed by atoms with Crippen molar-refractivity contribution in [3.8, 4) is 0 Å². The molecule has 2 heterocycles. The number of ketones is 1. The number of ether oxygens (including phenoxy) is 2. The summed E-state index contributed by atoms with van der Waals surface area (Å²) in [6.07, 6.45) is 0. The third-order valence-electron chi connectivity index (χ3n) is 6.11. The zero-order chi connectivity index (χ0) is 41.8. The number of rotatable bonds is 5. The van der Waals surface area contributed by atoms with E-state index in [2.05, 4.69) is 8.80 Å². The van der Waals surface area contributed by atoms with Gasteiger partial charge in [-0.2, -0.15) is 69.5 Å². The van der Waals surface area contributed by atoms with Crippen LogP contribution in [0.3, 0.4) is 0 Å². The Morgan fingerprint density at radius 3 is 1.08 bits per heavy atom. The molecule has 0 N–H and O–H groups in total. The summed E-state index contributed by atoms with van der Waals surface area (Å²) < 4.78 is 257. The first-order valence-corrected chi connectivity index (χ1v) is 18.2. The average Bonchev–Trinajstić information content (AvgIpc) is 2.92. The molecule has 0 aliphatic carbocycles. The monoisotopic (exact) mass is 874 g/mol. The highest BCUT2D eigenvalue weighted by atomic mass is 32.2. The van der Waals surface area contributed by atoms with E-state index in [1.807, 2.05) is 0 Å². The van der Waals surface area contributed by atoms with Crippen LogP contribution in [0.2, 0.25) is 0 Å². The van der Waals surface area contributed by atoms with Gasteiger partial charge in [0.2, 0.25) is 5.71 Å². The van der Waals surface area contributed by atoms with Gasteiger partial charge in [-0.15, -0.1) is 4.40 Å². The Labute approximate surface area is 284 Å². The molecule has 2 fully saturated rings. The van der Waals surface area contributed by atoms with Gasteiger partial charge in [-0.3, -0.25) is 13.8 Å². The van der Waals surface area contributed by atoms with Gasteiger partial charge in [0.05, 0.1) is 40.5 Å². The molecule has 0 aromatic carbocycles. The van der Waals surface area contributed by atoms with E-state index < -0.39 is 108 Å². The highest BCUT2D eigenvalue weighted by Gasteiger charge is 2.54. The molecule has 2 aliphatic heterocycles. The Hall–Kier alpha value is -2.60. The summed E-state index contributed by atoms with van der Waals surface area (Å²) in [6.45, 7) is -2.03. The fourth-order valence-corrected chi connectivity index (χ4v) is 4.30. The smallest absolute Gasteiger partial charge is 0.518 e. The molecular formula is C18H22F12N4O14S4. The predicted octanol–water partition coefficient (Wildman–Crippen LogP) is -0.323. The lowest BCUT2D eigenvalue weighted by atomic mass is 10.1. The predicted molar refractivity (Wildman–Crippen MR) is 140 cm³/mol. The number of Topliss-reactive ketones (excluding diaryl/α,β-unsaturated/α-hetero) is 1. The van der Waals surface area contributed by atoms with Gasteiger partial charge in [-0.25, -0.2) is 21.6 Å².